The van der Waals surface area contributed by atoms with Crippen molar-refractivity contribution in [2.75, 3.05) is 17.3 Å². The molecule has 0 saturated carbocycles. The summed E-state index contributed by atoms with van der Waals surface area (Å²) >= 11 is 0. The highest BCUT2D eigenvalue weighted by molar-refractivity contribution is 5.60. The van der Waals surface area contributed by atoms with E-state index in [1.807, 2.05) is 36.4 Å². The summed E-state index contributed by atoms with van der Waals surface area (Å²) in [5.74, 6) is 7.53. The number of nitrogens with one attached hydrogen (secondary N) is 2. The highest BCUT2D eigenvalue weighted by atomic mass is 15.3. The summed E-state index contributed by atoms with van der Waals surface area (Å²) in [6.07, 6.45) is 1.06. The maximum atomic E-state index is 5.50. The third-order valence-electron chi connectivity index (χ3n) is 3.09. The van der Waals surface area contributed by atoms with Crippen molar-refractivity contribution >= 4 is 11.6 Å². The quantitative estimate of drug-likeness (QED) is 0.580. The van der Waals surface area contributed by atoms with Gasteiger partial charge in [-0.15, -0.1) is 0 Å². The van der Waals surface area contributed by atoms with Crippen LogP contribution in [0.15, 0.2) is 36.4 Å². The first-order chi connectivity index (χ1) is 9.98. The molecule has 0 bridgehead atoms. The van der Waals surface area contributed by atoms with E-state index in [1.54, 1.807) is 0 Å². The van der Waals surface area contributed by atoms with Crippen LogP contribution in [0.25, 0.3) is 11.4 Å². The van der Waals surface area contributed by atoms with Crippen LogP contribution in [0.1, 0.15) is 27.2 Å². The van der Waals surface area contributed by atoms with E-state index in [2.05, 4.69) is 41.5 Å². The molecule has 0 fully saturated rings. The molecule has 21 heavy (non-hydrogen) atoms. The SMILES string of the molecule is CC(C)(C)CCNc1cc(NN)nc(-c2ccccc2)n1. The lowest BCUT2D eigenvalue weighted by atomic mass is 9.92. The molecule has 0 amide bonds. The van der Waals surface area contributed by atoms with E-state index in [-0.39, 0.29) is 5.41 Å². The Morgan fingerprint density at radius 1 is 1.05 bits per heavy atom. The Labute approximate surface area is 126 Å². The smallest absolute Gasteiger partial charge is 0.163 e. The highest BCUT2D eigenvalue weighted by Crippen LogP contribution is 2.21. The lowest BCUT2D eigenvalue weighted by Gasteiger charge is -2.18. The van der Waals surface area contributed by atoms with Gasteiger partial charge in [-0.1, -0.05) is 51.1 Å². The highest BCUT2D eigenvalue weighted by Gasteiger charge is 2.10. The number of benzene rings is 1. The summed E-state index contributed by atoms with van der Waals surface area (Å²) in [7, 11) is 0. The molecule has 112 valence electrons. The molecule has 1 aromatic carbocycles. The average molecular weight is 285 g/mol. The number of nitrogens with zero attached hydrogens (tertiary/aromatic N) is 2. The van der Waals surface area contributed by atoms with Gasteiger partial charge in [-0.25, -0.2) is 15.8 Å². The second-order valence-electron chi connectivity index (χ2n) is 6.21. The minimum Gasteiger partial charge on any atom is -0.370 e. The van der Waals surface area contributed by atoms with E-state index in [4.69, 9.17) is 5.84 Å². The van der Waals surface area contributed by atoms with E-state index in [0.29, 0.717) is 11.6 Å². The van der Waals surface area contributed by atoms with Crippen LogP contribution in [0.5, 0.6) is 0 Å². The van der Waals surface area contributed by atoms with Crippen LogP contribution in [-0.4, -0.2) is 16.5 Å². The van der Waals surface area contributed by atoms with Crippen molar-refractivity contribution < 1.29 is 0 Å². The number of rotatable bonds is 5. The number of hydrazine groups is 1. The lowest BCUT2D eigenvalue weighted by molar-refractivity contribution is 0.389. The first-order valence-corrected chi connectivity index (χ1v) is 7.13. The molecule has 0 aliphatic rings. The van der Waals surface area contributed by atoms with Gasteiger partial charge in [0, 0.05) is 18.2 Å². The minimum absolute atomic E-state index is 0.289. The van der Waals surface area contributed by atoms with Gasteiger partial charge in [0.15, 0.2) is 5.82 Å². The predicted octanol–water partition coefficient (Wildman–Crippen LogP) is 3.28. The predicted molar refractivity (Wildman–Crippen MR) is 87.8 cm³/mol. The summed E-state index contributed by atoms with van der Waals surface area (Å²) in [5.41, 5.74) is 3.85. The normalized spacial score (nSPS) is 11.2. The number of nitrogen functional groups attached to an aromatic ring is 1. The average Bonchev–Trinajstić information content (AvgIpc) is 2.46. The van der Waals surface area contributed by atoms with E-state index in [1.165, 1.54) is 0 Å². The van der Waals surface area contributed by atoms with Crippen LogP contribution < -0.4 is 16.6 Å². The van der Waals surface area contributed by atoms with Crippen molar-refractivity contribution in [2.45, 2.75) is 27.2 Å². The molecule has 1 heterocycles. The lowest BCUT2D eigenvalue weighted by Crippen LogP contribution is -2.15. The maximum Gasteiger partial charge on any atom is 0.163 e. The molecule has 0 spiro atoms. The summed E-state index contributed by atoms with van der Waals surface area (Å²) < 4.78 is 0. The topological polar surface area (TPSA) is 75.9 Å². The number of anilines is 2. The fourth-order valence-electron chi connectivity index (χ4n) is 1.89. The van der Waals surface area contributed by atoms with Gasteiger partial charge in [-0.05, 0) is 11.8 Å². The molecule has 2 rings (SSSR count). The molecule has 0 radical (unpaired) electrons. The molecule has 0 unspecified atom stereocenters. The van der Waals surface area contributed by atoms with Gasteiger partial charge >= 0.3 is 0 Å². The van der Waals surface area contributed by atoms with E-state index in [9.17, 15) is 0 Å². The van der Waals surface area contributed by atoms with Crippen LogP contribution in [0.4, 0.5) is 11.6 Å². The van der Waals surface area contributed by atoms with Gasteiger partial charge in [0.05, 0.1) is 0 Å². The number of aromatic nitrogens is 2. The molecule has 4 N–H and O–H groups in total. The maximum absolute atomic E-state index is 5.50. The Kier molecular flexibility index (Phi) is 4.75. The zero-order valence-electron chi connectivity index (χ0n) is 12.9. The Bertz CT molecular complexity index is 575. The third-order valence-corrected chi connectivity index (χ3v) is 3.09. The molecule has 0 aliphatic heterocycles. The summed E-state index contributed by atoms with van der Waals surface area (Å²) in [4.78, 5) is 8.95. The molecule has 5 nitrogen and oxygen atoms in total. The number of hydrogen-bond acceptors (Lipinski definition) is 5. The van der Waals surface area contributed by atoms with Crippen molar-refractivity contribution in [1.82, 2.24) is 9.97 Å². The molecule has 0 aliphatic carbocycles. The van der Waals surface area contributed by atoms with E-state index >= 15 is 0 Å². The van der Waals surface area contributed by atoms with Crippen LogP contribution in [-0.2, 0) is 0 Å². The zero-order valence-corrected chi connectivity index (χ0v) is 12.9. The Hall–Kier alpha value is -2.14. The zero-order chi connectivity index (χ0) is 15.3. The summed E-state index contributed by atoms with van der Waals surface area (Å²) in [5, 5.41) is 3.34. The second kappa shape index (κ2) is 6.54. The van der Waals surface area contributed by atoms with Crippen LogP contribution in [0, 0.1) is 5.41 Å². The van der Waals surface area contributed by atoms with Crippen molar-refractivity contribution in [3.05, 3.63) is 36.4 Å². The molecule has 5 heteroatoms. The minimum atomic E-state index is 0.289. The van der Waals surface area contributed by atoms with E-state index in [0.717, 1.165) is 24.3 Å². The molecule has 2 aromatic rings. The first-order valence-electron chi connectivity index (χ1n) is 7.13. The molecule has 1 aromatic heterocycles. The van der Waals surface area contributed by atoms with Crippen LogP contribution >= 0.6 is 0 Å². The number of nitrogens with two attached hydrogens (primary N) is 1. The van der Waals surface area contributed by atoms with Gasteiger partial charge < -0.3 is 10.7 Å². The Morgan fingerprint density at radius 2 is 1.71 bits per heavy atom. The standard InChI is InChI=1S/C16H23N5/c1-16(2,3)9-10-18-13-11-14(21-17)20-15(19-13)12-7-5-4-6-8-12/h4-8,11H,9-10,17H2,1-3H3,(H2,18,19,20,21). The van der Waals surface area contributed by atoms with Gasteiger partial charge in [0.25, 0.3) is 0 Å². The largest absolute Gasteiger partial charge is 0.370 e. The summed E-state index contributed by atoms with van der Waals surface area (Å²) in [6.45, 7) is 7.52. The van der Waals surface area contributed by atoms with Crippen molar-refractivity contribution in [2.24, 2.45) is 11.3 Å². The van der Waals surface area contributed by atoms with E-state index < -0.39 is 0 Å². The van der Waals surface area contributed by atoms with Crippen molar-refractivity contribution in [3.8, 4) is 11.4 Å². The molecular formula is C16H23N5. The number of hydrogen-bond donors (Lipinski definition) is 3. The van der Waals surface area contributed by atoms with Gasteiger partial charge in [-0.2, -0.15) is 0 Å². The van der Waals surface area contributed by atoms with Crippen LogP contribution in [0.2, 0.25) is 0 Å². The molecule has 0 saturated heterocycles. The van der Waals surface area contributed by atoms with Crippen LogP contribution in [0.3, 0.4) is 0 Å². The molecule has 0 atom stereocenters. The van der Waals surface area contributed by atoms with Crippen molar-refractivity contribution in [3.63, 3.8) is 0 Å². The summed E-state index contributed by atoms with van der Waals surface area (Å²) in [6, 6.07) is 11.7. The Balaban J connectivity index is 2.18. The first kappa shape index (κ1) is 15.3. The fourth-order valence-corrected chi connectivity index (χ4v) is 1.89. The van der Waals surface area contributed by atoms with Gasteiger partial charge in [0.2, 0.25) is 0 Å². The molecular weight excluding hydrogens is 262 g/mol. The monoisotopic (exact) mass is 285 g/mol. The Morgan fingerprint density at radius 3 is 2.33 bits per heavy atom. The third kappa shape index (κ3) is 4.72. The van der Waals surface area contributed by atoms with Gasteiger partial charge in [-0.3, -0.25) is 0 Å². The van der Waals surface area contributed by atoms with Gasteiger partial charge in [0.1, 0.15) is 11.6 Å². The van der Waals surface area contributed by atoms with Crippen molar-refractivity contribution in [1.29, 1.82) is 0 Å². The fraction of sp³-hybridized carbons (Fsp3) is 0.375. The second-order valence-corrected chi connectivity index (χ2v) is 6.21.